The summed E-state index contributed by atoms with van der Waals surface area (Å²) < 4.78 is 2.72. The summed E-state index contributed by atoms with van der Waals surface area (Å²) in [7, 11) is 5.78. The van der Waals surface area contributed by atoms with Gasteiger partial charge in [0.05, 0.1) is 10.2 Å². The van der Waals surface area contributed by atoms with Crippen LogP contribution in [0.3, 0.4) is 0 Å². The molecule has 0 aliphatic heterocycles. The summed E-state index contributed by atoms with van der Waals surface area (Å²) >= 11 is 1.56. The number of amides is 1. The van der Waals surface area contributed by atoms with Crippen molar-refractivity contribution >= 4 is 45.0 Å². The second kappa shape index (κ2) is 8.62. The standard InChI is InChI=1S/C18H23N5OS.ClH/c1-5-13-6-7-14-16(12-13)25-18(20-14)23(11-10-21(2)3)17(24)15-8-9-19-22(15)4;/h6-9,12H,5,10-11H2,1-4H3;1H. The average molecular weight is 394 g/mol. The van der Waals surface area contributed by atoms with Gasteiger partial charge in [-0.3, -0.25) is 14.4 Å². The van der Waals surface area contributed by atoms with Crippen LogP contribution in [0.5, 0.6) is 0 Å². The lowest BCUT2D eigenvalue weighted by Crippen LogP contribution is -2.37. The van der Waals surface area contributed by atoms with Crippen LogP contribution in [0.1, 0.15) is 23.0 Å². The third-order valence-corrected chi connectivity index (χ3v) is 5.18. The lowest BCUT2D eigenvalue weighted by atomic mass is 10.2. The first-order valence-electron chi connectivity index (χ1n) is 8.33. The Morgan fingerprint density at radius 1 is 1.23 bits per heavy atom. The SMILES string of the molecule is CCc1ccc2nc(N(CCN(C)C)C(=O)c3ccnn3C)sc2c1.Cl. The first kappa shape index (κ1) is 20.4. The van der Waals surface area contributed by atoms with E-state index in [1.54, 1.807) is 40.2 Å². The molecule has 1 aromatic carbocycles. The monoisotopic (exact) mass is 393 g/mol. The number of likely N-dealkylation sites (N-methyl/N-ethyl adjacent to an activating group) is 1. The predicted octanol–water partition coefficient (Wildman–Crippen LogP) is 3.22. The van der Waals surface area contributed by atoms with Crippen molar-refractivity contribution in [3.05, 3.63) is 41.7 Å². The highest BCUT2D eigenvalue weighted by molar-refractivity contribution is 7.22. The van der Waals surface area contributed by atoms with Gasteiger partial charge in [-0.1, -0.05) is 24.3 Å². The maximum absolute atomic E-state index is 13.1. The number of aromatic nitrogens is 3. The number of hydrogen-bond acceptors (Lipinski definition) is 5. The van der Waals surface area contributed by atoms with Gasteiger partial charge >= 0.3 is 0 Å². The molecule has 1 amide bonds. The number of halogens is 1. The molecule has 0 N–H and O–H groups in total. The predicted molar refractivity (Wildman–Crippen MR) is 110 cm³/mol. The van der Waals surface area contributed by atoms with Crippen LogP contribution in [0, 0.1) is 0 Å². The largest absolute Gasteiger partial charge is 0.308 e. The van der Waals surface area contributed by atoms with Crippen molar-refractivity contribution in [3.63, 3.8) is 0 Å². The molecule has 0 fully saturated rings. The van der Waals surface area contributed by atoms with Crippen LogP contribution in [-0.2, 0) is 13.5 Å². The van der Waals surface area contributed by atoms with Gasteiger partial charge in [-0.2, -0.15) is 5.10 Å². The van der Waals surface area contributed by atoms with Crippen molar-refractivity contribution in [2.24, 2.45) is 7.05 Å². The molecule has 8 heteroatoms. The first-order chi connectivity index (χ1) is 12.0. The molecular formula is C18H24ClN5OS. The van der Waals surface area contributed by atoms with Gasteiger partial charge in [-0.15, -0.1) is 12.4 Å². The number of anilines is 1. The van der Waals surface area contributed by atoms with E-state index in [2.05, 4.69) is 29.1 Å². The van der Waals surface area contributed by atoms with E-state index >= 15 is 0 Å². The molecule has 0 aliphatic carbocycles. The summed E-state index contributed by atoms with van der Waals surface area (Å²) in [5, 5.41) is 4.85. The summed E-state index contributed by atoms with van der Waals surface area (Å²) in [4.78, 5) is 21.6. The number of carbonyl (C=O) groups is 1. The number of fused-ring (bicyclic) bond motifs is 1. The number of hydrogen-bond donors (Lipinski definition) is 0. The lowest BCUT2D eigenvalue weighted by molar-refractivity contribution is 0.0976. The Morgan fingerprint density at radius 3 is 2.62 bits per heavy atom. The molecule has 0 spiro atoms. The number of nitrogens with zero attached hydrogens (tertiary/aromatic N) is 5. The summed E-state index contributed by atoms with van der Waals surface area (Å²) in [6.45, 7) is 3.48. The average Bonchev–Trinajstić information content (AvgIpc) is 3.19. The third-order valence-electron chi connectivity index (χ3n) is 4.14. The Kier molecular flexibility index (Phi) is 6.75. The summed E-state index contributed by atoms with van der Waals surface area (Å²) in [6.07, 6.45) is 2.63. The minimum Gasteiger partial charge on any atom is -0.308 e. The van der Waals surface area contributed by atoms with E-state index in [0.29, 0.717) is 12.2 Å². The van der Waals surface area contributed by atoms with E-state index in [9.17, 15) is 4.79 Å². The molecule has 6 nitrogen and oxygen atoms in total. The lowest BCUT2D eigenvalue weighted by Gasteiger charge is -2.21. The smallest absolute Gasteiger partial charge is 0.278 e. The van der Waals surface area contributed by atoms with E-state index in [-0.39, 0.29) is 18.3 Å². The summed E-state index contributed by atoms with van der Waals surface area (Å²) in [6, 6.07) is 8.04. The zero-order valence-corrected chi connectivity index (χ0v) is 17.1. The first-order valence-corrected chi connectivity index (χ1v) is 9.15. The molecule has 0 saturated carbocycles. The highest BCUT2D eigenvalue weighted by Crippen LogP contribution is 2.30. The van der Waals surface area contributed by atoms with Crippen LogP contribution >= 0.6 is 23.7 Å². The molecule has 3 aromatic rings. The molecule has 2 heterocycles. The Bertz CT molecular complexity index is 889. The Morgan fingerprint density at radius 2 is 2.00 bits per heavy atom. The molecule has 0 atom stereocenters. The molecule has 0 radical (unpaired) electrons. The molecular weight excluding hydrogens is 370 g/mol. The molecule has 0 bridgehead atoms. The number of carbonyl (C=O) groups excluding carboxylic acids is 1. The van der Waals surface area contributed by atoms with E-state index < -0.39 is 0 Å². The van der Waals surface area contributed by atoms with E-state index in [1.807, 2.05) is 20.2 Å². The molecule has 140 valence electrons. The number of aryl methyl sites for hydroxylation is 2. The van der Waals surface area contributed by atoms with Crippen molar-refractivity contribution < 1.29 is 4.79 Å². The van der Waals surface area contributed by atoms with Gasteiger partial charge in [0.25, 0.3) is 5.91 Å². The zero-order chi connectivity index (χ0) is 18.0. The molecule has 0 unspecified atom stereocenters. The molecule has 2 aromatic heterocycles. The van der Waals surface area contributed by atoms with Gasteiger partial charge in [0, 0.05) is 26.3 Å². The number of thiazole rings is 1. The van der Waals surface area contributed by atoms with E-state index in [0.717, 1.165) is 28.3 Å². The fraction of sp³-hybridized carbons (Fsp3) is 0.389. The number of benzene rings is 1. The normalized spacial score (nSPS) is 11.0. The van der Waals surface area contributed by atoms with Crippen LogP contribution in [0.25, 0.3) is 10.2 Å². The highest BCUT2D eigenvalue weighted by atomic mass is 35.5. The zero-order valence-electron chi connectivity index (χ0n) is 15.5. The minimum atomic E-state index is -0.0726. The maximum atomic E-state index is 13.1. The second-order valence-corrected chi connectivity index (χ2v) is 7.26. The Labute approximate surface area is 163 Å². The molecule has 3 rings (SSSR count). The molecule has 26 heavy (non-hydrogen) atoms. The van der Waals surface area contributed by atoms with Gasteiger partial charge in [-0.25, -0.2) is 4.98 Å². The minimum absolute atomic E-state index is 0. The quantitative estimate of drug-likeness (QED) is 0.645. The van der Waals surface area contributed by atoms with Crippen molar-refractivity contribution in [2.45, 2.75) is 13.3 Å². The van der Waals surface area contributed by atoms with Gasteiger partial charge in [0.2, 0.25) is 0 Å². The van der Waals surface area contributed by atoms with Gasteiger partial charge < -0.3 is 4.90 Å². The summed E-state index contributed by atoms with van der Waals surface area (Å²) in [5.41, 5.74) is 2.78. The van der Waals surface area contributed by atoms with Crippen molar-refractivity contribution in [1.29, 1.82) is 0 Å². The topological polar surface area (TPSA) is 54.3 Å². The second-order valence-electron chi connectivity index (χ2n) is 6.25. The van der Waals surface area contributed by atoms with Crippen LogP contribution in [-0.4, -0.2) is 52.8 Å². The Balaban J connectivity index is 0.00000243. The molecule has 0 saturated heterocycles. The fourth-order valence-electron chi connectivity index (χ4n) is 2.60. The van der Waals surface area contributed by atoms with Crippen molar-refractivity contribution in [1.82, 2.24) is 19.7 Å². The summed E-state index contributed by atoms with van der Waals surface area (Å²) in [5.74, 6) is -0.0726. The Hall–Kier alpha value is -1.96. The van der Waals surface area contributed by atoms with Crippen LogP contribution in [0.2, 0.25) is 0 Å². The number of rotatable bonds is 6. The fourth-order valence-corrected chi connectivity index (χ4v) is 3.65. The van der Waals surface area contributed by atoms with Gasteiger partial charge in [0.15, 0.2) is 5.13 Å². The molecule has 0 aliphatic rings. The van der Waals surface area contributed by atoms with Crippen LogP contribution in [0.15, 0.2) is 30.5 Å². The van der Waals surface area contributed by atoms with Crippen molar-refractivity contribution in [3.8, 4) is 0 Å². The van der Waals surface area contributed by atoms with Crippen LogP contribution in [0.4, 0.5) is 5.13 Å². The van der Waals surface area contributed by atoms with E-state index in [1.165, 1.54) is 5.56 Å². The van der Waals surface area contributed by atoms with Gasteiger partial charge in [0.1, 0.15) is 5.69 Å². The van der Waals surface area contributed by atoms with E-state index in [4.69, 9.17) is 4.98 Å². The van der Waals surface area contributed by atoms with Crippen LogP contribution < -0.4 is 4.90 Å². The third kappa shape index (κ3) is 4.23. The highest BCUT2D eigenvalue weighted by Gasteiger charge is 2.23. The van der Waals surface area contributed by atoms with Gasteiger partial charge in [-0.05, 0) is 44.3 Å². The van der Waals surface area contributed by atoms with Crippen molar-refractivity contribution in [2.75, 3.05) is 32.1 Å². The maximum Gasteiger partial charge on any atom is 0.278 e.